The lowest BCUT2D eigenvalue weighted by molar-refractivity contribution is -0.122. The van der Waals surface area contributed by atoms with Crippen LogP contribution in [0.25, 0.3) is 0 Å². The number of carbonyl (C=O) groups is 2. The van der Waals surface area contributed by atoms with E-state index in [4.69, 9.17) is 4.99 Å². The molecule has 0 aliphatic carbocycles. The molecule has 0 atom stereocenters. The van der Waals surface area contributed by atoms with E-state index in [1.54, 1.807) is 28.8 Å². The molecule has 2 heterocycles. The standard InChI is InChI=1S/C26H22N4O2S2/c1-17(31)27-19-12-14-20(15-13-19)28-26-30(16-18-8-4-3-5-9-18)24(32)23(34-26)25-29(2)21-10-6-7-11-22(21)33-25/h3-15H,16H2,1-2H3,(H,27,31). The minimum atomic E-state index is -0.125. The van der Waals surface area contributed by atoms with Gasteiger partial charge in [-0.15, -0.1) is 0 Å². The number of amidine groups is 1. The van der Waals surface area contributed by atoms with E-state index in [0.717, 1.165) is 21.2 Å². The number of nitrogens with zero attached hydrogens (tertiary/aromatic N) is 3. The van der Waals surface area contributed by atoms with Gasteiger partial charge in [-0.3, -0.25) is 14.5 Å². The molecule has 1 saturated heterocycles. The van der Waals surface area contributed by atoms with E-state index < -0.39 is 0 Å². The molecule has 2 aliphatic heterocycles. The van der Waals surface area contributed by atoms with Crippen molar-refractivity contribution < 1.29 is 9.59 Å². The van der Waals surface area contributed by atoms with Gasteiger partial charge in [0, 0.05) is 24.6 Å². The first-order chi connectivity index (χ1) is 16.5. The number of hydrogen-bond acceptors (Lipinski definition) is 6. The second-order valence-electron chi connectivity index (χ2n) is 7.86. The van der Waals surface area contributed by atoms with Crippen molar-refractivity contribution in [3.8, 4) is 0 Å². The summed E-state index contributed by atoms with van der Waals surface area (Å²) in [6.07, 6.45) is 0. The van der Waals surface area contributed by atoms with Gasteiger partial charge in [0.25, 0.3) is 5.91 Å². The van der Waals surface area contributed by atoms with Crippen molar-refractivity contribution in [2.45, 2.75) is 18.4 Å². The quantitative estimate of drug-likeness (QED) is 0.471. The van der Waals surface area contributed by atoms with E-state index in [0.29, 0.717) is 28.0 Å². The first kappa shape index (κ1) is 22.3. The lowest BCUT2D eigenvalue weighted by atomic mass is 10.2. The summed E-state index contributed by atoms with van der Waals surface area (Å²) in [5.41, 5.74) is 3.55. The molecule has 5 rings (SSSR count). The van der Waals surface area contributed by atoms with Crippen molar-refractivity contribution in [1.29, 1.82) is 0 Å². The van der Waals surface area contributed by atoms with Crippen LogP contribution in [0.15, 0.2) is 98.7 Å². The number of para-hydroxylation sites is 1. The van der Waals surface area contributed by atoms with E-state index in [1.807, 2.05) is 61.6 Å². The van der Waals surface area contributed by atoms with Crippen molar-refractivity contribution in [3.05, 3.63) is 94.4 Å². The average Bonchev–Trinajstić information content (AvgIpc) is 3.32. The van der Waals surface area contributed by atoms with Gasteiger partial charge in [0.1, 0.15) is 4.91 Å². The first-order valence-electron chi connectivity index (χ1n) is 10.7. The van der Waals surface area contributed by atoms with Crippen molar-refractivity contribution in [2.24, 2.45) is 4.99 Å². The van der Waals surface area contributed by atoms with Crippen molar-refractivity contribution in [2.75, 3.05) is 17.3 Å². The summed E-state index contributed by atoms with van der Waals surface area (Å²) < 4.78 is 0. The highest BCUT2D eigenvalue weighted by atomic mass is 32.2. The van der Waals surface area contributed by atoms with Crippen LogP contribution in [0, 0.1) is 0 Å². The molecular weight excluding hydrogens is 464 g/mol. The summed E-state index contributed by atoms with van der Waals surface area (Å²) in [4.78, 5) is 35.4. The Balaban J connectivity index is 1.51. The minimum Gasteiger partial charge on any atom is -0.337 e. The average molecular weight is 487 g/mol. The van der Waals surface area contributed by atoms with Crippen LogP contribution < -0.4 is 10.2 Å². The van der Waals surface area contributed by atoms with Gasteiger partial charge >= 0.3 is 0 Å². The summed E-state index contributed by atoms with van der Waals surface area (Å²) in [5, 5.41) is 4.31. The molecule has 170 valence electrons. The third-order valence-corrected chi connectivity index (χ3v) is 7.82. The lowest BCUT2D eigenvalue weighted by Crippen LogP contribution is -2.29. The third kappa shape index (κ3) is 4.47. The number of fused-ring (bicyclic) bond motifs is 1. The van der Waals surface area contributed by atoms with E-state index in [1.165, 1.54) is 18.7 Å². The third-order valence-electron chi connectivity index (χ3n) is 5.39. The van der Waals surface area contributed by atoms with Gasteiger partial charge in [0.15, 0.2) is 5.17 Å². The lowest BCUT2D eigenvalue weighted by Gasteiger charge is -2.17. The highest BCUT2D eigenvalue weighted by molar-refractivity contribution is 8.19. The van der Waals surface area contributed by atoms with Gasteiger partial charge in [0.05, 0.1) is 22.9 Å². The summed E-state index contributed by atoms with van der Waals surface area (Å²) in [5.74, 6) is -0.176. The van der Waals surface area contributed by atoms with Gasteiger partial charge < -0.3 is 10.2 Å². The fourth-order valence-electron chi connectivity index (χ4n) is 3.76. The maximum atomic E-state index is 13.6. The van der Waals surface area contributed by atoms with Gasteiger partial charge in [0.2, 0.25) is 5.91 Å². The molecular formula is C26H22N4O2S2. The van der Waals surface area contributed by atoms with Crippen molar-refractivity contribution in [1.82, 2.24) is 4.90 Å². The van der Waals surface area contributed by atoms with Crippen molar-refractivity contribution >= 4 is 57.6 Å². The molecule has 3 aromatic carbocycles. The molecule has 0 saturated carbocycles. The molecule has 0 radical (unpaired) electrons. The van der Waals surface area contributed by atoms with Crippen molar-refractivity contribution in [3.63, 3.8) is 0 Å². The Morgan fingerprint density at radius 1 is 0.941 bits per heavy atom. The Morgan fingerprint density at radius 2 is 1.65 bits per heavy atom. The largest absolute Gasteiger partial charge is 0.337 e. The highest BCUT2D eigenvalue weighted by Crippen LogP contribution is 2.50. The highest BCUT2D eigenvalue weighted by Gasteiger charge is 2.39. The number of rotatable bonds is 4. The van der Waals surface area contributed by atoms with Gasteiger partial charge in [-0.05, 0) is 53.7 Å². The molecule has 2 amide bonds. The van der Waals surface area contributed by atoms with Crippen LogP contribution in [-0.4, -0.2) is 28.9 Å². The van der Waals surface area contributed by atoms with Crippen LogP contribution in [0.2, 0.25) is 0 Å². The molecule has 1 fully saturated rings. The van der Waals surface area contributed by atoms with Crippen LogP contribution >= 0.6 is 23.5 Å². The Morgan fingerprint density at radius 3 is 2.35 bits per heavy atom. The fourth-order valence-corrected chi connectivity index (χ4v) is 6.10. The van der Waals surface area contributed by atoms with Crippen LogP contribution in [0.5, 0.6) is 0 Å². The first-order valence-corrected chi connectivity index (χ1v) is 12.4. The van der Waals surface area contributed by atoms with Gasteiger partial charge in [-0.1, -0.05) is 54.2 Å². The minimum absolute atomic E-state index is 0.0513. The molecule has 2 aliphatic rings. The number of hydrogen-bond donors (Lipinski definition) is 1. The van der Waals surface area contributed by atoms with Crippen LogP contribution in [0.1, 0.15) is 12.5 Å². The second-order valence-corrected chi connectivity index (χ2v) is 9.87. The van der Waals surface area contributed by atoms with E-state index in [2.05, 4.69) is 22.3 Å². The summed E-state index contributed by atoms with van der Waals surface area (Å²) in [6, 6.07) is 25.4. The van der Waals surface area contributed by atoms with Crippen LogP contribution in [0.4, 0.5) is 17.1 Å². The fraction of sp³-hybridized carbons (Fsp3) is 0.115. The topological polar surface area (TPSA) is 65.0 Å². The molecule has 34 heavy (non-hydrogen) atoms. The van der Waals surface area contributed by atoms with Gasteiger partial charge in [-0.2, -0.15) is 0 Å². The molecule has 0 unspecified atom stereocenters. The molecule has 0 aromatic heterocycles. The summed E-state index contributed by atoms with van der Waals surface area (Å²) in [6.45, 7) is 1.91. The van der Waals surface area contributed by atoms with Gasteiger partial charge in [-0.25, -0.2) is 4.99 Å². The molecule has 1 N–H and O–H groups in total. The smallest absolute Gasteiger partial charge is 0.269 e. The molecule has 3 aromatic rings. The number of nitrogens with one attached hydrogen (secondary N) is 1. The monoisotopic (exact) mass is 486 g/mol. The zero-order valence-corrected chi connectivity index (χ0v) is 20.3. The SMILES string of the molecule is CC(=O)Nc1ccc(N=C2SC(=C3Sc4ccccc4N3C)C(=O)N2Cc2ccccc2)cc1. The van der Waals surface area contributed by atoms with E-state index >= 15 is 0 Å². The normalized spacial score (nSPS) is 18.5. The predicted molar refractivity (Wildman–Crippen MR) is 140 cm³/mol. The Kier molecular flexibility index (Phi) is 6.17. The zero-order chi connectivity index (χ0) is 23.7. The van der Waals surface area contributed by atoms with E-state index in [-0.39, 0.29) is 11.8 Å². The van der Waals surface area contributed by atoms with E-state index in [9.17, 15) is 9.59 Å². The number of benzene rings is 3. The summed E-state index contributed by atoms with van der Waals surface area (Å²) in [7, 11) is 1.99. The predicted octanol–water partition coefficient (Wildman–Crippen LogP) is 5.82. The molecule has 0 spiro atoms. The molecule has 0 bridgehead atoms. The molecule has 8 heteroatoms. The Labute approximate surface area is 206 Å². The maximum Gasteiger partial charge on any atom is 0.269 e. The van der Waals surface area contributed by atoms with Crippen LogP contribution in [-0.2, 0) is 16.1 Å². The number of aliphatic imine (C=N–C) groups is 1. The Bertz CT molecular complexity index is 1320. The molecule has 6 nitrogen and oxygen atoms in total. The number of thioether (sulfide) groups is 2. The second kappa shape index (κ2) is 9.40. The summed E-state index contributed by atoms with van der Waals surface area (Å²) >= 11 is 3.01. The van der Waals surface area contributed by atoms with Crippen LogP contribution in [0.3, 0.4) is 0 Å². The Hall–Kier alpha value is -3.49. The zero-order valence-electron chi connectivity index (χ0n) is 18.7. The number of amides is 2. The number of anilines is 2. The maximum absolute atomic E-state index is 13.6. The number of carbonyl (C=O) groups excluding carboxylic acids is 2.